The van der Waals surface area contributed by atoms with Gasteiger partial charge in [-0.25, -0.2) is 4.79 Å². The standard InChI is InChI=1S/C24H27N3O3/c1-4-13-25-24(28)27-16-18-8-5-6-9-19(18)26-14-7-10-20(26)23(27)17-11-12-21(29-2)22(15-17)30-3/h5-12,14-15,23H,4,13,16H2,1-3H3,(H,25,28)/t23-/m0/s1. The predicted octanol–water partition coefficient (Wildman–Crippen LogP) is 4.52. The maximum atomic E-state index is 13.3. The quantitative estimate of drug-likeness (QED) is 0.679. The molecule has 2 amide bonds. The van der Waals surface area contributed by atoms with E-state index in [2.05, 4.69) is 41.2 Å². The Hall–Kier alpha value is -3.41. The van der Waals surface area contributed by atoms with Gasteiger partial charge in [-0.3, -0.25) is 0 Å². The summed E-state index contributed by atoms with van der Waals surface area (Å²) in [6, 6.07) is 17.8. The first-order valence-electron chi connectivity index (χ1n) is 10.2. The number of nitrogens with zero attached hydrogens (tertiary/aromatic N) is 2. The van der Waals surface area contributed by atoms with Gasteiger partial charge < -0.3 is 24.3 Å². The van der Waals surface area contributed by atoms with Crippen LogP contribution in [0.15, 0.2) is 60.8 Å². The third-order valence-corrected chi connectivity index (χ3v) is 5.47. The van der Waals surface area contributed by atoms with E-state index in [1.807, 2.05) is 41.3 Å². The van der Waals surface area contributed by atoms with Crippen LogP contribution in [0.25, 0.3) is 5.69 Å². The van der Waals surface area contributed by atoms with Crippen LogP contribution < -0.4 is 14.8 Å². The van der Waals surface area contributed by atoms with Crippen molar-refractivity contribution in [2.75, 3.05) is 20.8 Å². The highest BCUT2D eigenvalue weighted by Crippen LogP contribution is 2.39. The number of fused-ring (bicyclic) bond motifs is 3. The second-order valence-electron chi connectivity index (χ2n) is 7.31. The average molecular weight is 405 g/mol. The van der Waals surface area contributed by atoms with Crippen LogP contribution in [0, 0.1) is 0 Å². The first-order chi connectivity index (χ1) is 14.7. The number of methoxy groups -OCH3 is 2. The van der Waals surface area contributed by atoms with Crippen LogP contribution >= 0.6 is 0 Å². The molecule has 1 aliphatic rings. The van der Waals surface area contributed by atoms with E-state index in [4.69, 9.17) is 9.47 Å². The molecular weight excluding hydrogens is 378 g/mol. The summed E-state index contributed by atoms with van der Waals surface area (Å²) in [6.07, 6.45) is 2.93. The molecule has 0 unspecified atom stereocenters. The van der Waals surface area contributed by atoms with Crippen LogP contribution in [0.4, 0.5) is 4.79 Å². The molecule has 3 aromatic rings. The molecule has 0 radical (unpaired) electrons. The summed E-state index contributed by atoms with van der Waals surface area (Å²) in [5.74, 6) is 1.30. The molecule has 30 heavy (non-hydrogen) atoms. The number of benzene rings is 2. The summed E-state index contributed by atoms with van der Waals surface area (Å²) >= 11 is 0. The van der Waals surface area contributed by atoms with Crippen LogP contribution in [0.5, 0.6) is 11.5 Å². The third-order valence-electron chi connectivity index (χ3n) is 5.47. The van der Waals surface area contributed by atoms with Crippen molar-refractivity contribution in [3.8, 4) is 17.2 Å². The monoisotopic (exact) mass is 405 g/mol. The average Bonchev–Trinajstić information content (AvgIpc) is 3.21. The van der Waals surface area contributed by atoms with Gasteiger partial charge in [-0.1, -0.05) is 31.2 Å². The molecule has 0 saturated heterocycles. The normalized spacial score (nSPS) is 15.0. The number of para-hydroxylation sites is 1. The van der Waals surface area contributed by atoms with Gasteiger partial charge in [0.15, 0.2) is 11.5 Å². The molecule has 1 aromatic heterocycles. The highest BCUT2D eigenvalue weighted by molar-refractivity contribution is 5.76. The summed E-state index contributed by atoms with van der Waals surface area (Å²) in [6.45, 7) is 3.19. The Kier molecular flexibility index (Phi) is 5.65. The molecular formula is C24H27N3O3. The minimum Gasteiger partial charge on any atom is -0.493 e. The fraction of sp³-hybridized carbons (Fsp3) is 0.292. The molecule has 0 bridgehead atoms. The van der Waals surface area contributed by atoms with Crippen molar-refractivity contribution >= 4 is 6.03 Å². The van der Waals surface area contributed by atoms with Gasteiger partial charge in [0, 0.05) is 18.4 Å². The van der Waals surface area contributed by atoms with Crippen molar-refractivity contribution < 1.29 is 14.3 Å². The van der Waals surface area contributed by atoms with Crippen LogP contribution in [0.1, 0.15) is 36.2 Å². The van der Waals surface area contributed by atoms with Gasteiger partial charge in [0.1, 0.15) is 0 Å². The zero-order valence-electron chi connectivity index (χ0n) is 17.6. The van der Waals surface area contributed by atoms with Gasteiger partial charge in [0.25, 0.3) is 0 Å². The number of urea groups is 1. The molecule has 1 N–H and O–H groups in total. The van der Waals surface area contributed by atoms with Crippen LogP contribution in [-0.4, -0.2) is 36.3 Å². The number of rotatable bonds is 5. The Labute approximate surface area is 177 Å². The lowest BCUT2D eigenvalue weighted by molar-refractivity contribution is 0.180. The molecule has 0 fully saturated rings. The molecule has 0 spiro atoms. The molecule has 6 heteroatoms. The van der Waals surface area contributed by atoms with E-state index in [0.29, 0.717) is 24.6 Å². The Morgan fingerprint density at radius 3 is 2.63 bits per heavy atom. The van der Waals surface area contributed by atoms with E-state index in [9.17, 15) is 4.79 Å². The van der Waals surface area contributed by atoms with E-state index in [1.165, 1.54) is 0 Å². The number of ether oxygens (including phenoxy) is 2. The van der Waals surface area contributed by atoms with E-state index in [0.717, 1.165) is 28.9 Å². The first kappa shape index (κ1) is 19.9. The van der Waals surface area contributed by atoms with E-state index >= 15 is 0 Å². The molecule has 0 saturated carbocycles. The topological polar surface area (TPSA) is 55.7 Å². The molecule has 4 rings (SSSR count). The molecule has 1 atom stereocenters. The number of amides is 2. The fourth-order valence-corrected chi connectivity index (χ4v) is 4.05. The molecule has 2 heterocycles. The number of nitrogens with one attached hydrogen (secondary N) is 1. The van der Waals surface area contributed by atoms with Crippen molar-refractivity contribution in [1.29, 1.82) is 0 Å². The van der Waals surface area contributed by atoms with E-state index in [-0.39, 0.29) is 12.1 Å². The summed E-state index contributed by atoms with van der Waals surface area (Å²) in [5.41, 5.74) is 4.18. The highest BCUT2D eigenvalue weighted by atomic mass is 16.5. The summed E-state index contributed by atoms with van der Waals surface area (Å²) in [7, 11) is 3.24. The lowest BCUT2D eigenvalue weighted by Gasteiger charge is -2.31. The van der Waals surface area contributed by atoms with Crippen LogP contribution in [0.3, 0.4) is 0 Å². The smallest absolute Gasteiger partial charge is 0.318 e. The van der Waals surface area contributed by atoms with Gasteiger partial charge in [0.05, 0.1) is 32.5 Å². The zero-order chi connectivity index (χ0) is 21.1. The zero-order valence-corrected chi connectivity index (χ0v) is 17.6. The second-order valence-corrected chi connectivity index (χ2v) is 7.31. The van der Waals surface area contributed by atoms with Gasteiger partial charge >= 0.3 is 6.03 Å². The summed E-state index contributed by atoms with van der Waals surface area (Å²) in [5, 5.41) is 3.06. The molecule has 0 aliphatic carbocycles. The molecule has 2 aromatic carbocycles. The maximum absolute atomic E-state index is 13.3. The Morgan fingerprint density at radius 1 is 1.07 bits per heavy atom. The minimum atomic E-state index is -0.274. The number of hydrogen-bond donors (Lipinski definition) is 1. The SMILES string of the molecule is CCCNC(=O)N1Cc2ccccc2-n2cccc2[C@@H]1c1ccc(OC)c(OC)c1. The van der Waals surface area contributed by atoms with Crippen LogP contribution in [0.2, 0.25) is 0 Å². The van der Waals surface area contributed by atoms with Crippen molar-refractivity contribution in [2.24, 2.45) is 0 Å². The van der Waals surface area contributed by atoms with Crippen molar-refractivity contribution in [1.82, 2.24) is 14.8 Å². The van der Waals surface area contributed by atoms with E-state index in [1.54, 1.807) is 14.2 Å². The van der Waals surface area contributed by atoms with Crippen LogP contribution in [-0.2, 0) is 6.54 Å². The largest absolute Gasteiger partial charge is 0.493 e. The minimum absolute atomic E-state index is 0.0823. The van der Waals surface area contributed by atoms with Gasteiger partial charge in [0.2, 0.25) is 0 Å². The van der Waals surface area contributed by atoms with Gasteiger partial charge in [-0.15, -0.1) is 0 Å². The Balaban J connectivity index is 1.88. The molecule has 156 valence electrons. The van der Waals surface area contributed by atoms with Gasteiger partial charge in [-0.2, -0.15) is 0 Å². The number of aromatic nitrogens is 1. The highest BCUT2D eigenvalue weighted by Gasteiger charge is 2.33. The molecule has 1 aliphatic heterocycles. The summed E-state index contributed by atoms with van der Waals surface area (Å²) in [4.78, 5) is 15.2. The Morgan fingerprint density at radius 2 is 1.87 bits per heavy atom. The second kappa shape index (κ2) is 8.53. The van der Waals surface area contributed by atoms with Crippen molar-refractivity contribution in [3.63, 3.8) is 0 Å². The number of carbonyl (C=O) groups is 1. The van der Waals surface area contributed by atoms with Crippen molar-refractivity contribution in [2.45, 2.75) is 25.9 Å². The molecule has 6 nitrogen and oxygen atoms in total. The first-order valence-corrected chi connectivity index (χ1v) is 10.2. The third kappa shape index (κ3) is 3.49. The number of hydrogen-bond acceptors (Lipinski definition) is 3. The number of carbonyl (C=O) groups excluding carboxylic acids is 1. The maximum Gasteiger partial charge on any atom is 0.318 e. The predicted molar refractivity (Wildman–Crippen MR) is 116 cm³/mol. The lowest BCUT2D eigenvalue weighted by Crippen LogP contribution is -2.42. The summed E-state index contributed by atoms with van der Waals surface area (Å²) < 4.78 is 13.1. The van der Waals surface area contributed by atoms with Gasteiger partial charge in [-0.05, 0) is 47.9 Å². The fourth-order valence-electron chi connectivity index (χ4n) is 4.05. The van der Waals surface area contributed by atoms with Crippen molar-refractivity contribution in [3.05, 3.63) is 77.6 Å². The lowest BCUT2D eigenvalue weighted by atomic mass is 10.0. The Bertz CT molecular complexity index is 1040. The van der Waals surface area contributed by atoms with E-state index < -0.39 is 0 Å².